The van der Waals surface area contributed by atoms with Crippen LogP contribution in [-0.2, 0) is 13.0 Å². The van der Waals surface area contributed by atoms with Gasteiger partial charge in [-0.1, -0.05) is 18.2 Å². The second-order valence-electron chi connectivity index (χ2n) is 6.58. The highest BCUT2D eigenvalue weighted by Crippen LogP contribution is 2.32. The van der Waals surface area contributed by atoms with Crippen molar-refractivity contribution in [3.63, 3.8) is 0 Å². The monoisotopic (exact) mass is 341 g/mol. The third-order valence-corrected chi connectivity index (χ3v) is 5.21. The Morgan fingerprint density at radius 2 is 2.04 bits per heavy atom. The van der Waals surface area contributed by atoms with E-state index in [2.05, 4.69) is 16.0 Å². The van der Waals surface area contributed by atoms with Gasteiger partial charge in [-0.15, -0.1) is 0 Å². The molecule has 0 bridgehead atoms. The summed E-state index contributed by atoms with van der Waals surface area (Å²) in [5.74, 6) is -0.243. The maximum Gasteiger partial charge on any atom is 0.331 e. The van der Waals surface area contributed by atoms with Gasteiger partial charge in [0, 0.05) is 23.9 Å². The van der Waals surface area contributed by atoms with E-state index in [-0.39, 0.29) is 17.5 Å². The van der Waals surface area contributed by atoms with Gasteiger partial charge in [-0.25, -0.2) is 4.79 Å². The summed E-state index contributed by atoms with van der Waals surface area (Å²) >= 11 is 0. The fraction of sp³-hybridized carbons (Fsp3) is 0.333. The zero-order valence-electron chi connectivity index (χ0n) is 14.2. The van der Waals surface area contributed by atoms with Gasteiger partial charge in [0.25, 0.3) is 5.56 Å². The maximum absolute atomic E-state index is 12.5. The van der Waals surface area contributed by atoms with E-state index in [0.29, 0.717) is 6.54 Å². The quantitative estimate of drug-likeness (QED) is 0.524. The molecule has 0 saturated carbocycles. The highest BCUT2D eigenvalue weighted by molar-refractivity contribution is 5.85. The van der Waals surface area contributed by atoms with Gasteiger partial charge in [0.2, 0.25) is 5.88 Å². The summed E-state index contributed by atoms with van der Waals surface area (Å²) in [6, 6.07) is 7.70. The molecular weight excluding hydrogens is 320 g/mol. The van der Waals surface area contributed by atoms with Crippen LogP contribution in [0.1, 0.15) is 29.8 Å². The van der Waals surface area contributed by atoms with Gasteiger partial charge in [-0.3, -0.25) is 14.3 Å². The summed E-state index contributed by atoms with van der Waals surface area (Å²) in [4.78, 5) is 31.3. The van der Waals surface area contributed by atoms with E-state index < -0.39 is 11.2 Å². The number of quaternary nitrogens is 1. The summed E-state index contributed by atoms with van der Waals surface area (Å²) in [7, 11) is 2.00. The lowest BCUT2D eigenvalue weighted by Crippen LogP contribution is -3.10. The first kappa shape index (κ1) is 15.7. The van der Waals surface area contributed by atoms with Crippen LogP contribution in [0.15, 0.2) is 33.9 Å². The summed E-state index contributed by atoms with van der Waals surface area (Å²) in [6.07, 6.45) is 0.897. The van der Waals surface area contributed by atoms with Gasteiger partial charge >= 0.3 is 5.69 Å². The molecule has 1 aromatic carbocycles. The number of fused-ring (bicyclic) bond motifs is 3. The minimum atomic E-state index is -0.584. The molecule has 0 spiro atoms. The van der Waals surface area contributed by atoms with Crippen molar-refractivity contribution in [3.8, 4) is 5.88 Å². The molecule has 4 rings (SSSR count). The molecule has 4 N–H and O–H groups in total. The molecule has 130 valence electrons. The van der Waals surface area contributed by atoms with Crippen LogP contribution in [0.2, 0.25) is 0 Å². The molecule has 1 aliphatic rings. The van der Waals surface area contributed by atoms with Crippen LogP contribution in [0.4, 0.5) is 0 Å². The first-order chi connectivity index (χ1) is 12.0. The number of nitrogens with zero attached hydrogens (tertiary/aromatic N) is 1. The Hall–Kier alpha value is -2.80. The van der Waals surface area contributed by atoms with Gasteiger partial charge in [-0.05, 0) is 18.6 Å². The second-order valence-corrected chi connectivity index (χ2v) is 6.58. The first-order valence-electron chi connectivity index (χ1n) is 8.50. The minimum Gasteiger partial charge on any atom is -0.494 e. The molecule has 7 heteroatoms. The van der Waals surface area contributed by atoms with Crippen LogP contribution in [0.25, 0.3) is 10.9 Å². The number of aromatic nitrogens is 3. The Balaban J connectivity index is 2.02. The lowest BCUT2D eigenvalue weighted by Gasteiger charge is -2.30. The van der Waals surface area contributed by atoms with Crippen molar-refractivity contribution in [2.75, 3.05) is 13.6 Å². The Bertz CT molecular complexity index is 1080. The molecular formula is C18H21N4O3+. The molecule has 7 nitrogen and oxygen atoms in total. The van der Waals surface area contributed by atoms with E-state index in [4.69, 9.17) is 0 Å². The number of nitrogens with one attached hydrogen (secondary N) is 3. The molecule has 25 heavy (non-hydrogen) atoms. The predicted molar refractivity (Wildman–Crippen MR) is 94.3 cm³/mol. The average Bonchev–Trinajstić information content (AvgIpc) is 2.95. The Morgan fingerprint density at radius 1 is 1.28 bits per heavy atom. The van der Waals surface area contributed by atoms with E-state index in [9.17, 15) is 14.7 Å². The van der Waals surface area contributed by atoms with Crippen LogP contribution in [0, 0.1) is 0 Å². The van der Waals surface area contributed by atoms with Crippen molar-refractivity contribution >= 4 is 10.9 Å². The van der Waals surface area contributed by atoms with Crippen LogP contribution in [-0.4, -0.2) is 33.2 Å². The smallest absolute Gasteiger partial charge is 0.331 e. The van der Waals surface area contributed by atoms with Crippen molar-refractivity contribution in [2.24, 2.45) is 0 Å². The van der Waals surface area contributed by atoms with Crippen LogP contribution in [0.5, 0.6) is 5.88 Å². The van der Waals surface area contributed by atoms with Crippen molar-refractivity contribution < 1.29 is 10.0 Å². The topological polar surface area (TPSA) is 95.3 Å². The molecule has 0 amide bonds. The Kier molecular flexibility index (Phi) is 3.54. The standard InChI is InChI=1S/C18H20N4O3/c1-3-22-17(24)13(16(23)20-18(22)25)15-14-11(8-9-21(15)2)10-6-4-5-7-12(10)19-14/h4-7,15,19,24H,3,8-9H2,1-2H3,(H,20,23,25)/p+1/t15-/m1/s1. The zero-order chi connectivity index (χ0) is 17.7. The zero-order valence-corrected chi connectivity index (χ0v) is 14.2. The average molecular weight is 341 g/mol. The molecule has 0 fully saturated rings. The fourth-order valence-corrected chi connectivity index (χ4v) is 3.97. The fourth-order valence-electron chi connectivity index (χ4n) is 3.97. The number of H-pyrrole nitrogens is 2. The van der Waals surface area contributed by atoms with Gasteiger partial charge in [0.15, 0.2) is 6.04 Å². The Morgan fingerprint density at radius 3 is 2.80 bits per heavy atom. The number of aromatic hydroxyl groups is 1. The summed E-state index contributed by atoms with van der Waals surface area (Å²) in [5.41, 5.74) is 2.27. The Labute approximate surface area is 143 Å². The van der Waals surface area contributed by atoms with Crippen LogP contribution >= 0.6 is 0 Å². The number of likely N-dealkylation sites (N-methyl/N-ethyl adjacent to an activating group) is 1. The maximum atomic E-state index is 12.5. The predicted octanol–water partition coefficient (Wildman–Crippen LogP) is -0.0964. The second kappa shape index (κ2) is 5.63. The SMILES string of the molecule is CCn1c(O)c([C@@H]2c3[nH]c4ccccc4c3CC[NH+]2C)c(=O)[nH]c1=O. The molecule has 2 atom stereocenters. The highest BCUT2D eigenvalue weighted by atomic mass is 16.3. The van der Waals surface area contributed by atoms with Crippen molar-refractivity contribution in [3.05, 3.63) is 61.9 Å². The molecule has 0 saturated heterocycles. The highest BCUT2D eigenvalue weighted by Gasteiger charge is 2.37. The van der Waals surface area contributed by atoms with Crippen molar-refractivity contribution in [1.82, 2.24) is 14.5 Å². The van der Waals surface area contributed by atoms with Gasteiger partial charge < -0.3 is 15.0 Å². The number of hydrogen-bond acceptors (Lipinski definition) is 3. The number of benzene rings is 1. The van der Waals surface area contributed by atoms with Crippen LogP contribution < -0.4 is 16.1 Å². The summed E-state index contributed by atoms with van der Waals surface area (Å²) in [6.45, 7) is 2.89. The number of para-hydroxylation sites is 1. The van der Waals surface area contributed by atoms with Gasteiger partial charge in [0.1, 0.15) is 5.56 Å². The van der Waals surface area contributed by atoms with E-state index >= 15 is 0 Å². The number of aromatic amines is 2. The molecule has 3 aromatic rings. The van der Waals surface area contributed by atoms with E-state index in [1.165, 1.54) is 10.1 Å². The minimum absolute atomic E-state index is 0.242. The molecule has 0 aliphatic carbocycles. The van der Waals surface area contributed by atoms with Gasteiger partial charge in [0.05, 0.1) is 19.3 Å². The molecule has 2 aromatic heterocycles. The third-order valence-electron chi connectivity index (χ3n) is 5.21. The molecule has 1 unspecified atom stereocenters. The van der Waals surface area contributed by atoms with Crippen molar-refractivity contribution in [2.45, 2.75) is 25.9 Å². The number of rotatable bonds is 2. The van der Waals surface area contributed by atoms with E-state index in [1.807, 2.05) is 25.2 Å². The first-order valence-corrected chi connectivity index (χ1v) is 8.50. The lowest BCUT2D eigenvalue weighted by atomic mass is 9.94. The number of hydrogen-bond donors (Lipinski definition) is 4. The molecule has 3 heterocycles. The normalized spacial score (nSPS) is 19.9. The molecule has 1 aliphatic heterocycles. The molecule has 0 radical (unpaired) electrons. The van der Waals surface area contributed by atoms with Crippen molar-refractivity contribution in [1.29, 1.82) is 0 Å². The lowest BCUT2D eigenvalue weighted by molar-refractivity contribution is -0.908. The van der Waals surface area contributed by atoms with Gasteiger partial charge in [-0.2, -0.15) is 0 Å². The summed E-state index contributed by atoms with van der Waals surface area (Å²) < 4.78 is 1.20. The summed E-state index contributed by atoms with van der Waals surface area (Å²) in [5, 5.41) is 11.8. The largest absolute Gasteiger partial charge is 0.494 e. The van der Waals surface area contributed by atoms with E-state index in [1.54, 1.807) is 6.92 Å². The van der Waals surface area contributed by atoms with E-state index in [0.717, 1.165) is 34.5 Å². The van der Waals surface area contributed by atoms with Crippen LogP contribution in [0.3, 0.4) is 0 Å². The third kappa shape index (κ3) is 2.23.